The second kappa shape index (κ2) is 7.99. The Kier molecular flexibility index (Phi) is 6.00. The van der Waals surface area contributed by atoms with Crippen molar-refractivity contribution in [3.8, 4) is 0 Å². The van der Waals surface area contributed by atoms with Crippen LogP contribution in [0.4, 0.5) is 0 Å². The van der Waals surface area contributed by atoms with Gasteiger partial charge in [0.05, 0.1) is 13.0 Å². The Morgan fingerprint density at radius 1 is 1.29 bits per heavy atom. The summed E-state index contributed by atoms with van der Waals surface area (Å²) in [6.07, 6.45) is 7.37. The van der Waals surface area contributed by atoms with Gasteiger partial charge in [0.2, 0.25) is 0 Å². The Balaban J connectivity index is 1.92. The lowest BCUT2D eigenvalue weighted by Crippen LogP contribution is -2.17. The van der Waals surface area contributed by atoms with Crippen LogP contribution in [0, 0.1) is 5.92 Å². The van der Waals surface area contributed by atoms with Crippen LogP contribution in [0.5, 0.6) is 0 Å². The molecule has 2 rings (SSSR count). The number of ether oxygens (including phenoxy) is 1. The normalized spacial score (nSPS) is 18.4. The largest absolute Gasteiger partial charge is 0.466 e. The van der Waals surface area contributed by atoms with E-state index in [4.69, 9.17) is 10.5 Å². The Labute approximate surface area is 127 Å². The third-order valence-electron chi connectivity index (χ3n) is 4.09. The van der Waals surface area contributed by atoms with Crippen LogP contribution < -0.4 is 5.73 Å². The summed E-state index contributed by atoms with van der Waals surface area (Å²) in [6, 6.07) is 8.18. The van der Waals surface area contributed by atoms with Gasteiger partial charge < -0.3 is 10.5 Å². The number of allylic oxidation sites excluding steroid dienone is 1. The average molecular weight is 287 g/mol. The van der Waals surface area contributed by atoms with Crippen LogP contribution in [0.1, 0.15) is 43.7 Å². The van der Waals surface area contributed by atoms with E-state index >= 15 is 0 Å². The molecule has 0 bridgehead atoms. The smallest absolute Gasteiger partial charge is 0.310 e. The van der Waals surface area contributed by atoms with Crippen molar-refractivity contribution in [2.45, 2.75) is 39.0 Å². The summed E-state index contributed by atoms with van der Waals surface area (Å²) in [6.45, 7) is 3.08. The molecular weight excluding hydrogens is 262 g/mol. The van der Waals surface area contributed by atoms with E-state index in [9.17, 15) is 4.79 Å². The molecule has 0 saturated heterocycles. The molecule has 0 radical (unpaired) electrons. The monoisotopic (exact) mass is 287 g/mol. The highest BCUT2D eigenvalue weighted by Gasteiger charge is 2.14. The third kappa shape index (κ3) is 5.01. The van der Waals surface area contributed by atoms with Crippen molar-refractivity contribution in [1.29, 1.82) is 0 Å². The molecule has 1 aromatic rings. The Morgan fingerprint density at radius 3 is 2.52 bits per heavy atom. The molecule has 3 nitrogen and oxygen atoms in total. The summed E-state index contributed by atoms with van der Waals surface area (Å²) in [7, 11) is 0. The van der Waals surface area contributed by atoms with Crippen LogP contribution in [0.3, 0.4) is 0 Å². The van der Waals surface area contributed by atoms with Crippen LogP contribution in [0.2, 0.25) is 0 Å². The topological polar surface area (TPSA) is 52.3 Å². The molecule has 0 atom stereocenters. The number of nitrogens with two attached hydrogens (primary N) is 1. The fourth-order valence-corrected chi connectivity index (χ4v) is 2.77. The number of hydrogen-bond acceptors (Lipinski definition) is 3. The summed E-state index contributed by atoms with van der Waals surface area (Å²) in [5.74, 6) is 0.540. The second-order valence-electron chi connectivity index (χ2n) is 5.71. The van der Waals surface area contributed by atoms with Crippen molar-refractivity contribution in [3.05, 3.63) is 41.0 Å². The fraction of sp³-hybridized carbons (Fsp3) is 0.500. The van der Waals surface area contributed by atoms with Crippen LogP contribution in [-0.2, 0) is 16.0 Å². The average Bonchev–Trinajstić information content (AvgIpc) is 2.50. The lowest BCUT2D eigenvalue weighted by Gasteiger charge is -2.22. The predicted molar refractivity (Wildman–Crippen MR) is 85.8 cm³/mol. The fourth-order valence-electron chi connectivity index (χ4n) is 2.77. The maximum Gasteiger partial charge on any atom is 0.310 e. The zero-order valence-corrected chi connectivity index (χ0v) is 12.8. The lowest BCUT2D eigenvalue weighted by molar-refractivity contribution is -0.142. The minimum atomic E-state index is -0.163. The molecule has 3 heteroatoms. The van der Waals surface area contributed by atoms with E-state index in [1.54, 1.807) is 0 Å². The van der Waals surface area contributed by atoms with E-state index < -0.39 is 0 Å². The second-order valence-corrected chi connectivity index (χ2v) is 5.71. The van der Waals surface area contributed by atoms with Gasteiger partial charge in [0.15, 0.2) is 0 Å². The maximum absolute atomic E-state index is 11.4. The highest BCUT2D eigenvalue weighted by atomic mass is 16.5. The van der Waals surface area contributed by atoms with E-state index in [2.05, 4.69) is 18.2 Å². The van der Waals surface area contributed by atoms with Crippen LogP contribution in [-0.4, -0.2) is 19.1 Å². The van der Waals surface area contributed by atoms with E-state index in [1.165, 1.54) is 24.0 Å². The molecule has 2 N–H and O–H groups in total. The number of hydrogen-bond donors (Lipinski definition) is 1. The molecule has 1 saturated carbocycles. The van der Waals surface area contributed by atoms with Crippen molar-refractivity contribution in [2.75, 3.05) is 13.2 Å². The molecule has 21 heavy (non-hydrogen) atoms. The van der Waals surface area contributed by atoms with Gasteiger partial charge in [-0.15, -0.1) is 0 Å². The van der Waals surface area contributed by atoms with Gasteiger partial charge in [0, 0.05) is 0 Å². The number of rotatable bonds is 5. The molecule has 114 valence electrons. The van der Waals surface area contributed by atoms with E-state index in [-0.39, 0.29) is 5.97 Å². The Bertz CT molecular complexity index is 480. The van der Waals surface area contributed by atoms with Crippen LogP contribution >= 0.6 is 0 Å². The molecule has 0 heterocycles. The van der Waals surface area contributed by atoms with Crippen LogP contribution in [0.25, 0.3) is 6.08 Å². The summed E-state index contributed by atoms with van der Waals surface area (Å²) in [4.78, 5) is 11.4. The number of benzene rings is 1. The Hall–Kier alpha value is -1.61. The molecule has 0 spiro atoms. The molecule has 1 aliphatic carbocycles. The highest BCUT2D eigenvalue weighted by Crippen LogP contribution is 2.28. The molecule has 1 fully saturated rings. The molecule has 1 aliphatic rings. The zero-order valence-electron chi connectivity index (χ0n) is 12.8. The van der Waals surface area contributed by atoms with Crippen LogP contribution in [0.15, 0.2) is 29.8 Å². The first kappa shape index (κ1) is 15.8. The number of carbonyl (C=O) groups excluding carboxylic acids is 1. The van der Waals surface area contributed by atoms with Gasteiger partial charge in [-0.2, -0.15) is 0 Å². The molecular formula is C18H25NO2. The predicted octanol–water partition coefficient (Wildman–Crippen LogP) is 3.32. The zero-order chi connectivity index (χ0) is 15.1. The maximum atomic E-state index is 11.4. The molecule has 0 unspecified atom stereocenters. The minimum Gasteiger partial charge on any atom is -0.466 e. The highest BCUT2D eigenvalue weighted by molar-refractivity contribution is 5.72. The number of esters is 1. The first-order valence-electron chi connectivity index (χ1n) is 7.85. The van der Waals surface area contributed by atoms with E-state index in [0.717, 1.165) is 24.9 Å². The minimum absolute atomic E-state index is 0.163. The van der Waals surface area contributed by atoms with Gasteiger partial charge in [0.1, 0.15) is 0 Å². The van der Waals surface area contributed by atoms with Gasteiger partial charge in [-0.3, -0.25) is 4.79 Å². The summed E-state index contributed by atoms with van der Waals surface area (Å²) < 4.78 is 4.96. The van der Waals surface area contributed by atoms with Gasteiger partial charge in [-0.25, -0.2) is 0 Å². The molecule has 1 aromatic carbocycles. The first-order valence-corrected chi connectivity index (χ1v) is 7.85. The summed E-state index contributed by atoms with van der Waals surface area (Å²) in [5.41, 5.74) is 9.45. The SMILES string of the molecule is CCOC(=O)Cc1ccc(C=C2CCC(CN)CC2)cc1. The third-order valence-corrected chi connectivity index (χ3v) is 4.09. The molecule has 0 aromatic heterocycles. The quantitative estimate of drug-likeness (QED) is 0.845. The first-order chi connectivity index (χ1) is 10.2. The van der Waals surface area contributed by atoms with Crippen molar-refractivity contribution in [1.82, 2.24) is 0 Å². The van der Waals surface area contributed by atoms with Gasteiger partial charge in [-0.1, -0.05) is 35.9 Å². The summed E-state index contributed by atoms with van der Waals surface area (Å²) >= 11 is 0. The molecule has 0 amide bonds. The van der Waals surface area contributed by atoms with E-state index in [1.807, 2.05) is 19.1 Å². The summed E-state index contributed by atoms with van der Waals surface area (Å²) in [5, 5.41) is 0. The Morgan fingerprint density at radius 2 is 1.95 bits per heavy atom. The van der Waals surface area contributed by atoms with Crippen molar-refractivity contribution in [3.63, 3.8) is 0 Å². The van der Waals surface area contributed by atoms with Gasteiger partial charge in [-0.05, 0) is 56.2 Å². The van der Waals surface area contributed by atoms with E-state index in [0.29, 0.717) is 18.9 Å². The lowest BCUT2D eigenvalue weighted by atomic mass is 9.85. The van der Waals surface area contributed by atoms with Crippen molar-refractivity contribution >= 4 is 12.0 Å². The number of carbonyl (C=O) groups is 1. The standard InChI is InChI=1S/C18H25NO2/c1-2-21-18(20)12-16-5-3-14(4-6-16)11-15-7-9-17(13-19)10-8-15/h3-6,11,17H,2,7-10,12-13,19H2,1H3. The van der Waals surface area contributed by atoms with Crippen molar-refractivity contribution < 1.29 is 9.53 Å². The van der Waals surface area contributed by atoms with Gasteiger partial charge in [0.25, 0.3) is 0 Å². The van der Waals surface area contributed by atoms with Gasteiger partial charge >= 0.3 is 5.97 Å². The molecule has 0 aliphatic heterocycles. The van der Waals surface area contributed by atoms with Crippen molar-refractivity contribution in [2.24, 2.45) is 11.7 Å².